The topological polar surface area (TPSA) is 89.1 Å². The second kappa shape index (κ2) is 7.54. The third-order valence-electron chi connectivity index (χ3n) is 5.93. The van der Waals surface area contributed by atoms with E-state index in [2.05, 4.69) is 25.6 Å². The molecule has 3 aromatic rings. The van der Waals surface area contributed by atoms with Crippen molar-refractivity contribution in [3.05, 3.63) is 29.1 Å². The van der Waals surface area contributed by atoms with Crippen LogP contribution in [-0.2, 0) is 30.4 Å². The van der Waals surface area contributed by atoms with Crippen LogP contribution in [0.2, 0.25) is 0 Å². The predicted octanol–water partition coefficient (Wildman–Crippen LogP) is 3.56. The van der Waals surface area contributed by atoms with E-state index in [9.17, 15) is 18.0 Å². The van der Waals surface area contributed by atoms with Gasteiger partial charge in [-0.3, -0.25) is 9.48 Å². The number of benzene rings is 1. The number of hydrogen-bond acceptors (Lipinski definition) is 6. The van der Waals surface area contributed by atoms with Crippen molar-refractivity contribution in [2.75, 3.05) is 23.3 Å². The number of nitrogens with zero attached hydrogens (tertiary/aromatic N) is 5. The molecule has 2 aliphatic rings. The van der Waals surface area contributed by atoms with Crippen molar-refractivity contribution >= 4 is 28.3 Å². The number of carbonyl (C=O) groups excluding carboxylic acids is 1. The van der Waals surface area contributed by atoms with Gasteiger partial charge in [-0.05, 0) is 61.0 Å². The predicted molar refractivity (Wildman–Crippen MR) is 106 cm³/mol. The molecule has 1 aliphatic heterocycles. The lowest BCUT2D eigenvalue weighted by molar-refractivity contribution is -0.142. The standard InChI is InChI=1S/C20H21F3N6O2/c21-20(22,23)19-12-5-4-6-14(12)29(25-19)11-16(30)24-13-7-8-15(18-17(13)26-31-27-18)28-9-2-1-3-10-28/h7-8H,1-6,9-11H2,(H,24,30). The van der Waals surface area contributed by atoms with E-state index in [4.69, 9.17) is 4.63 Å². The van der Waals surface area contributed by atoms with E-state index < -0.39 is 17.8 Å². The van der Waals surface area contributed by atoms with Crippen LogP contribution >= 0.6 is 0 Å². The molecule has 31 heavy (non-hydrogen) atoms. The van der Waals surface area contributed by atoms with Gasteiger partial charge in [0.25, 0.3) is 0 Å². The van der Waals surface area contributed by atoms with Crippen molar-refractivity contribution in [3.63, 3.8) is 0 Å². The van der Waals surface area contributed by atoms with Gasteiger partial charge in [-0.25, -0.2) is 4.63 Å². The molecular weight excluding hydrogens is 413 g/mol. The molecule has 1 fully saturated rings. The number of anilines is 2. The zero-order valence-electron chi connectivity index (χ0n) is 16.7. The second-order valence-corrected chi connectivity index (χ2v) is 7.97. The molecule has 11 heteroatoms. The molecule has 8 nitrogen and oxygen atoms in total. The van der Waals surface area contributed by atoms with E-state index in [0.29, 0.717) is 41.7 Å². The summed E-state index contributed by atoms with van der Waals surface area (Å²) in [6.07, 6.45) is 0.291. The van der Waals surface area contributed by atoms with Gasteiger partial charge in [0, 0.05) is 24.3 Å². The minimum absolute atomic E-state index is 0.203. The first-order chi connectivity index (χ1) is 14.9. The number of hydrogen-bond donors (Lipinski definition) is 1. The first kappa shape index (κ1) is 19.8. The fraction of sp³-hybridized carbons (Fsp3) is 0.500. The van der Waals surface area contributed by atoms with Crippen LogP contribution in [0.15, 0.2) is 16.8 Å². The first-order valence-corrected chi connectivity index (χ1v) is 10.4. The summed E-state index contributed by atoms with van der Waals surface area (Å²) in [6.45, 7) is 1.53. The Morgan fingerprint density at radius 2 is 1.84 bits per heavy atom. The van der Waals surface area contributed by atoms with E-state index >= 15 is 0 Å². The number of halogens is 3. The summed E-state index contributed by atoms with van der Waals surface area (Å²) in [6, 6.07) is 3.59. The lowest BCUT2D eigenvalue weighted by Gasteiger charge is -2.28. The minimum atomic E-state index is -4.53. The van der Waals surface area contributed by atoms with Crippen LogP contribution in [0.3, 0.4) is 0 Å². The molecule has 164 valence electrons. The molecule has 5 rings (SSSR count). The highest BCUT2D eigenvalue weighted by Gasteiger charge is 2.40. The molecule has 1 saturated heterocycles. The number of aromatic nitrogens is 4. The lowest BCUT2D eigenvalue weighted by atomic mass is 10.1. The zero-order valence-corrected chi connectivity index (χ0v) is 16.7. The summed E-state index contributed by atoms with van der Waals surface area (Å²) in [4.78, 5) is 14.9. The van der Waals surface area contributed by atoms with Crippen molar-refractivity contribution in [1.29, 1.82) is 0 Å². The average molecular weight is 434 g/mol. The molecule has 0 spiro atoms. The van der Waals surface area contributed by atoms with Crippen molar-refractivity contribution < 1.29 is 22.6 Å². The van der Waals surface area contributed by atoms with Gasteiger partial charge in [-0.15, -0.1) is 0 Å². The lowest BCUT2D eigenvalue weighted by Crippen LogP contribution is -2.29. The maximum atomic E-state index is 13.3. The third kappa shape index (κ3) is 3.61. The minimum Gasteiger partial charge on any atom is -0.370 e. The summed E-state index contributed by atoms with van der Waals surface area (Å²) < 4.78 is 45.9. The fourth-order valence-electron chi connectivity index (χ4n) is 4.54. The highest BCUT2D eigenvalue weighted by atomic mass is 19.4. The summed E-state index contributed by atoms with van der Waals surface area (Å²) in [7, 11) is 0. The van der Waals surface area contributed by atoms with Gasteiger partial charge in [0.2, 0.25) is 5.91 Å². The molecule has 1 aromatic carbocycles. The van der Waals surface area contributed by atoms with Gasteiger partial charge >= 0.3 is 6.18 Å². The summed E-state index contributed by atoms with van der Waals surface area (Å²) in [5, 5.41) is 14.3. The van der Waals surface area contributed by atoms with Crippen LogP contribution in [0.5, 0.6) is 0 Å². The normalized spacial score (nSPS) is 16.7. The smallest absolute Gasteiger partial charge is 0.370 e. The molecule has 1 aliphatic carbocycles. The SMILES string of the molecule is O=C(Cn1nc(C(F)(F)F)c2c1CCC2)Nc1ccc(N2CCCCC2)c2nonc12. The van der Waals surface area contributed by atoms with E-state index in [1.165, 1.54) is 11.1 Å². The second-order valence-electron chi connectivity index (χ2n) is 7.97. The Bertz CT molecular complexity index is 1130. The Labute approximate surface area is 175 Å². The Kier molecular flexibility index (Phi) is 4.82. The molecule has 2 aromatic heterocycles. The Hall–Kier alpha value is -3.11. The van der Waals surface area contributed by atoms with E-state index in [-0.39, 0.29) is 12.1 Å². The molecule has 0 atom stereocenters. The van der Waals surface area contributed by atoms with Crippen LogP contribution in [0.1, 0.15) is 42.6 Å². The molecule has 3 heterocycles. The number of rotatable bonds is 4. The molecule has 1 amide bonds. The summed E-state index contributed by atoms with van der Waals surface area (Å²) in [5.74, 6) is -0.485. The van der Waals surface area contributed by atoms with Gasteiger partial charge in [-0.2, -0.15) is 18.3 Å². The van der Waals surface area contributed by atoms with Crippen LogP contribution in [-0.4, -0.2) is 39.1 Å². The van der Waals surface area contributed by atoms with Crippen LogP contribution in [0.25, 0.3) is 11.0 Å². The van der Waals surface area contributed by atoms with Crippen LogP contribution in [0, 0.1) is 0 Å². The average Bonchev–Trinajstić information content (AvgIpc) is 3.46. The highest BCUT2D eigenvalue weighted by Crippen LogP contribution is 2.36. The van der Waals surface area contributed by atoms with E-state index in [1.54, 1.807) is 6.07 Å². The van der Waals surface area contributed by atoms with Gasteiger partial charge in [0.1, 0.15) is 6.54 Å². The largest absolute Gasteiger partial charge is 0.435 e. The van der Waals surface area contributed by atoms with Crippen LogP contribution in [0.4, 0.5) is 24.5 Å². The van der Waals surface area contributed by atoms with Gasteiger partial charge < -0.3 is 10.2 Å². The molecule has 0 unspecified atom stereocenters. The first-order valence-electron chi connectivity index (χ1n) is 10.4. The van der Waals surface area contributed by atoms with Gasteiger partial charge in [0.05, 0.1) is 11.4 Å². The monoisotopic (exact) mass is 434 g/mol. The Morgan fingerprint density at radius 1 is 1.06 bits per heavy atom. The number of alkyl halides is 3. The summed E-state index contributed by atoms with van der Waals surface area (Å²) >= 11 is 0. The number of amides is 1. The quantitative estimate of drug-likeness (QED) is 0.676. The van der Waals surface area contributed by atoms with Crippen LogP contribution < -0.4 is 10.2 Å². The van der Waals surface area contributed by atoms with E-state index in [1.807, 2.05) is 6.07 Å². The molecule has 0 saturated carbocycles. The maximum absolute atomic E-state index is 13.3. The number of nitrogens with one attached hydrogen (secondary N) is 1. The highest BCUT2D eigenvalue weighted by molar-refractivity contribution is 6.02. The van der Waals surface area contributed by atoms with Crippen molar-refractivity contribution in [2.45, 2.75) is 51.2 Å². The van der Waals surface area contributed by atoms with Gasteiger partial charge in [0.15, 0.2) is 16.7 Å². The third-order valence-corrected chi connectivity index (χ3v) is 5.93. The number of fused-ring (bicyclic) bond motifs is 2. The molecule has 1 N–H and O–H groups in total. The number of carbonyl (C=O) groups is 1. The van der Waals surface area contributed by atoms with Gasteiger partial charge in [-0.1, -0.05) is 0 Å². The molecular formula is C20H21F3N6O2. The van der Waals surface area contributed by atoms with Crippen molar-refractivity contribution in [2.24, 2.45) is 0 Å². The Morgan fingerprint density at radius 3 is 2.61 bits per heavy atom. The molecule has 0 radical (unpaired) electrons. The maximum Gasteiger partial charge on any atom is 0.435 e. The molecule has 0 bridgehead atoms. The van der Waals surface area contributed by atoms with E-state index in [0.717, 1.165) is 31.6 Å². The fourth-order valence-corrected chi connectivity index (χ4v) is 4.54. The Balaban J connectivity index is 1.38. The van der Waals surface area contributed by atoms with Crippen molar-refractivity contribution in [3.8, 4) is 0 Å². The summed E-state index contributed by atoms with van der Waals surface area (Å²) in [5.41, 5.74) is 2.07. The van der Waals surface area contributed by atoms with Crippen molar-refractivity contribution in [1.82, 2.24) is 20.1 Å². The number of piperidine rings is 1. The zero-order chi connectivity index (χ0) is 21.6.